The molecule has 0 aromatic heterocycles. The summed E-state index contributed by atoms with van der Waals surface area (Å²) >= 11 is 0. The number of nitrogens with zero attached hydrogens (tertiary/aromatic N) is 2. The van der Waals surface area contributed by atoms with Crippen LogP contribution in [0, 0.1) is 27.4 Å². The third-order valence-electron chi connectivity index (χ3n) is 9.09. The molecule has 0 aliphatic rings. The van der Waals surface area contributed by atoms with Crippen molar-refractivity contribution in [2.75, 3.05) is 13.1 Å². The summed E-state index contributed by atoms with van der Waals surface area (Å²) in [4.78, 5) is 64.4. The molecule has 0 spiro atoms. The minimum atomic E-state index is -0.764. The van der Waals surface area contributed by atoms with Crippen LogP contribution in [0.1, 0.15) is 78.1 Å². The first-order valence-corrected chi connectivity index (χ1v) is 18.2. The number of carbonyl (C=O) groups is 4. The Hall–Kier alpha value is -6.39. The van der Waals surface area contributed by atoms with Gasteiger partial charge in [-0.2, -0.15) is 5.26 Å². The average Bonchev–Trinajstić information content (AvgIpc) is 3.18. The van der Waals surface area contributed by atoms with Gasteiger partial charge in [0.05, 0.1) is 28.6 Å². The summed E-state index contributed by atoms with van der Waals surface area (Å²) in [5.74, 6) is -1.80. The van der Waals surface area contributed by atoms with Crippen LogP contribution in [0.5, 0.6) is 0 Å². The first-order chi connectivity index (χ1) is 26.3. The highest BCUT2D eigenvalue weighted by Gasteiger charge is 2.27. The van der Waals surface area contributed by atoms with Gasteiger partial charge in [0, 0.05) is 42.4 Å². The highest BCUT2D eigenvalue weighted by molar-refractivity contribution is 6.02. The van der Waals surface area contributed by atoms with Crippen LogP contribution in [-0.4, -0.2) is 59.8 Å². The molecule has 0 aliphatic carbocycles. The van der Waals surface area contributed by atoms with Crippen molar-refractivity contribution in [2.45, 2.75) is 65.2 Å². The molecule has 0 fully saturated rings. The van der Waals surface area contributed by atoms with Gasteiger partial charge in [-0.15, -0.1) is 0 Å². The number of nitro groups is 1. The maximum Gasteiger partial charge on any atom is 0.269 e. The lowest BCUT2D eigenvalue weighted by Crippen LogP contribution is -2.55. The predicted octanol–water partition coefficient (Wildman–Crippen LogP) is 5.22. The van der Waals surface area contributed by atoms with Crippen LogP contribution in [0.25, 0.3) is 11.1 Å². The summed E-state index contributed by atoms with van der Waals surface area (Å²) in [6, 6.07) is 26.7. The van der Waals surface area contributed by atoms with Crippen molar-refractivity contribution in [3.63, 3.8) is 0 Å². The number of hydrogen-bond donors (Lipinski definition) is 5. The van der Waals surface area contributed by atoms with E-state index < -0.39 is 40.8 Å². The number of nitrogens with one attached hydrogen (secondary N) is 5. The molecule has 0 aliphatic heterocycles. The Morgan fingerprint density at radius 2 is 1.40 bits per heavy atom. The molecule has 0 radical (unpaired) electrons. The summed E-state index contributed by atoms with van der Waals surface area (Å²) in [6.45, 7) is 9.49. The summed E-state index contributed by atoms with van der Waals surface area (Å²) in [5, 5.41) is 35.9. The van der Waals surface area contributed by atoms with Crippen molar-refractivity contribution in [2.24, 2.45) is 5.92 Å². The second-order valence-corrected chi connectivity index (χ2v) is 13.6. The molecule has 13 heteroatoms. The Bertz CT molecular complexity index is 2030. The van der Waals surface area contributed by atoms with E-state index in [0.717, 1.165) is 5.56 Å². The van der Waals surface area contributed by atoms with Crippen molar-refractivity contribution in [1.29, 1.82) is 5.26 Å². The van der Waals surface area contributed by atoms with Gasteiger partial charge < -0.3 is 26.6 Å². The van der Waals surface area contributed by atoms with Crippen LogP contribution in [0.4, 0.5) is 5.69 Å². The molecule has 13 nitrogen and oxygen atoms in total. The summed E-state index contributed by atoms with van der Waals surface area (Å²) in [5.41, 5.74) is 3.27. The molecule has 4 aromatic rings. The number of carbonyl (C=O) groups excluding carboxylic acids is 4. The van der Waals surface area contributed by atoms with Crippen LogP contribution < -0.4 is 26.6 Å². The normalized spacial score (nSPS) is 13.0. The number of benzene rings is 4. The van der Waals surface area contributed by atoms with E-state index in [2.05, 4.69) is 32.7 Å². The van der Waals surface area contributed by atoms with Crippen LogP contribution >= 0.6 is 0 Å². The largest absolute Gasteiger partial charge is 0.355 e. The lowest BCUT2D eigenvalue weighted by molar-refractivity contribution is -0.384. The van der Waals surface area contributed by atoms with E-state index in [1.165, 1.54) is 18.2 Å². The Balaban J connectivity index is 1.64. The fourth-order valence-corrected chi connectivity index (χ4v) is 5.97. The van der Waals surface area contributed by atoms with Crippen LogP contribution in [0.2, 0.25) is 0 Å². The molecule has 4 atom stereocenters. The van der Waals surface area contributed by atoms with Gasteiger partial charge in [-0.05, 0) is 79.6 Å². The standard InChI is InChI=1S/C42H47N7O6/c1-6-44-42(53)38(26(2)3)48-39(50)28(5)45-25-35(20-29-16-18-36(19-17-29)49(54)55)47-41(52)34-22-32(37-15-11-10-14-31(37)24-43)21-33(23-34)40(51)46-27(4)30-12-8-7-9-13-30/h7-19,21-23,26-28,35,38,45H,6,20,25H2,1-5H3,(H,44,53)(H,46,51)(H,47,52)(H,48,50)/t27-,28+,35+,38+/m1/s1. The molecule has 0 saturated heterocycles. The minimum absolute atomic E-state index is 0.0820. The van der Waals surface area contributed by atoms with E-state index in [1.54, 1.807) is 62.4 Å². The fourth-order valence-electron chi connectivity index (χ4n) is 5.97. The Morgan fingerprint density at radius 3 is 2.00 bits per heavy atom. The molecule has 0 saturated carbocycles. The Morgan fingerprint density at radius 1 is 0.782 bits per heavy atom. The van der Waals surface area contributed by atoms with E-state index in [0.29, 0.717) is 28.8 Å². The number of hydrogen-bond acceptors (Lipinski definition) is 8. The zero-order valence-electron chi connectivity index (χ0n) is 31.6. The van der Waals surface area contributed by atoms with E-state index in [-0.39, 0.29) is 47.6 Å². The molecular formula is C42H47N7O6. The highest BCUT2D eigenvalue weighted by atomic mass is 16.6. The van der Waals surface area contributed by atoms with Gasteiger partial charge >= 0.3 is 0 Å². The SMILES string of the molecule is CCNC(=O)[C@@H](NC(=O)[C@H](C)NC[C@H](Cc1ccc([N+](=O)[O-])cc1)NC(=O)c1cc(C(=O)N[C@H](C)c2ccccc2)cc(-c2ccccc2C#N)c1)C(C)C. The topological polar surface area (TPSA) is 195 Å². The van der Waals surface area contributed by atoms with Gasteiger partial charge in [0.15, 0.2) is 0 Å². The smallest absolute Gasteiger partial charge is 0.269 e. The van der Waals surface area contributed by atoms with E-state index in [4.69, 9.17) is 0 Å². The van der Waals surface area contributed by atoms with E-state index in [1.807, 2.05) is 51.1 Å². The van der Waals surface area contributed by atoms with Gasteiger partial charge in [0.2, 0.25) is 11.8 Å². The predicted molar refractivity (Wildman–Crippen MR) is 210 cm³/mol. The van der Waals surface area contributed by atoms with Crippen LogP contribution in [0.3, 0.4) is 0 Å². The zero-order chi connectivity index (χ0) is 40.1. The van der Waals surface area contributed by atoms with Crippen LogP contribution in [-0.2, 0) is 16.0 Å². The monoisotopic (exact) mass is 745 g/mol. The second-order valence-electron chi connectivity index (χ2n) is 13.6. The van der Waals surface area contributed by atoms with Gasteiger partial charge in [-0.3, -0.25) is 29.3 Å². The summed E-state index contributed by atoms with van der Waals surface area (Å²) in [6.07, 6.45) is 0.234. The van der Waals surface area contributed by atoms with Crippen LogP contribution in [0.15, 0.2) is 97.1 Å². The molecule has 4 aromatic carbocycles. The lowest BCUT2D eigenvalue weighted by Gasteiger charge is -2.25. The number of likely N-dealkylation sites (N-methyl/N-ethyl adjacent to an activating group) is 1. The number of non-ortho nitro benzene ring substituents is 1. The molecule has 5 N–H and O–H groups in total. The molecule has 0 heterocycles. The molecule has 4 rings (SSSR count). The zero-order valence-corrected chi connectivity index (χ0v) is 31.6. The molecular weight excluding hydrogens is 699 g/mol. The fraction of sp³-hybridized carbons (Fsp3) is 0.310. The summed E-state index contributed by atoms with van der Waals surface area (Å²) < 4.78 is 0. The van der Waals surface area contributed by atoms with Gasteiger partial charge in [0.1, 0.15) is 6.04 Å². The van der Waals surface area contributed by atoms with Gasteiger partial charge in [-0.1, -0.05) is 74.5 Å². The van der Waals surface area contributed by atoms with Crippen molar-refractivity contribution < 1.29 is 24.1 Å². The average molecular weight is 746 g/mol. The van der Waals surface area contributed by atoms with Gasteiger partial charge in [0.25, 0.3) is 17.5 Å². The summed E-state index contributed by atoms with van der Waals surface area (Å²) in [7, 11) is 0. The third kappa shape index (κ3) is 11.5. The Labute approximate surface area is 321 Å². The van der Waals surface area contributed by atoms with Crippen molar-refractivity contribution >= 4 is 29.3 Å². The molecule has 0 bridgehead atoms. The van der Waals surface area contributed by atoms with E-state index in [9.17, 15) is 34.6 Å². The molecule has 4 amide bonds. The maximum absolute atomic E-state index is 14.1. The minimum Gasteiger partial charge on any atom is -0.355 e. The Kier molecular flexibility index (Phi) is 14.8. The quantitative estimate of drug-likeness (QED) is 0.0717. The first-order valence-electron chi connectivity index (χ1n) is 18.2. The van der Waals surface area contributed by atoms with Gasteiger partial charge in [-0.25, -0.2) is 0 Å². The third-order valence-corrected chi connectivity index (χ3v) is 9.09. The number of amides is 4. The number of nitriles is 1. The second kappa shape index (κ2) is 19.6. The number of nitro benzene ring substituents is 1. The van der Waals surface area contributed by atoms with Crippen molar-refractivity contribution in [1.82, 2.24) is 26.6 Å². The molecule has 55 heavy (non-hydrogen) atoms. The first kappa shape index (κ1) is 41.4. The van der Waals surface area contributed by atoms with Crippen molar-refractivity contribution in [3.05, 3.63) is 135 Å². The lowest BCUT2D eigenvalue weighted by atomic mass is 9.95. The molecule has 286 valence electrons. The highest BCUT2D eigenvalue weighted by Crippen LogP contribution is 2.27. The van der Waals surface area contributed by atoms with E-state index >= 15 is 0 Å². The number of rotatable bonds is 17. The maximum atomic E-state index is 14.1. The molecule has 0 unspecified atom stereocenters. The van der Waals surface area contributed by atoms with Crippen molar-refractivity contribution in [3.8, 4) is 17.2 Å².